The van der Waals surface area contributed by atoms with Crippen LogP contribution in [-0.2, 0) is 6.18 Å². The van der Waals surface area contributed by atoms with Crippen molar-refractivity contribution in [3.63, 3.8) is 0 Å². The van der Waals surface area contributed by atoms with E-state index in [1.54, 1.807) is 6.07 Å². The van der Waals surface area contributed by atoms with Crippen molar-refractivity contribution in [2.45, 2.75) is 19.0 Å². The first-order valence-corrected chi connectivity index (χ1v) is 6.24. The zero-order chi connectivity index (χ0) is 14.0. The molecule has 1 fully saturated rings. The third-order valence-electron chi connectivity index (χ3n) is 3.48. The highest BCUT2D eigenvalue weighted by Crippen LogP contribution is 2.36. The molecule has 0 radical (unpaired) electrons. The monoisotopic (exact) mass is 274 g/mol. The van der Waals surface area contributed by atoms with Gasteiger partial charge in [0.15, 0.2) is 0 Å². The van der Waals surface area contributed by atoms with Gasteiger partial charge in [-0.05, 0) is 37.0 Å². The molecule has 1 unspecified atom stereocenters. The van der Waals surface area contributed by atoms with E-state index in [-0.39, 0.29) is 18.2 Å². The van der Waals surface area contributed by atoms with E-state index in [0.29, 0.717) is 18.8 Å². The van der Waals surface area contributed by atoms with Crippen LogP contribution in [0.1, 0.15) is 18.4 Å². The average Bonchev–Trinajstić information content (AvgIpc) is 2.38. The van der Waals surface area contributed by atoms with Gasteiger partial charge in [-0.15, -0.1) is 0 Å². The van der Waals surface area contributed by atoms with Crippen molar-refractivity contribution in [1.82, 2.24) is 0 Å². The number of nitrogens with two attached hydrogens (primary N) is 1. The Labute approximate surface area is 109 Å². The fourth-order valence-electron chi connectivity index (χ4n) is 2.44. The van der Waals surface area contributed by atoms with Crippen molar-refractivity contribution >= 4 is 11.4 Å². The minimum atomic E-state index is -4.44. The molecular weight excluding hydrogens is 257 g/mol. The minimum Gasteiger partial charge on any atom is -0.398 e. The van der Waals surface area contributed by atoms with E-state index in [0.717, 1.165) is 18.9 Å². The molecule has 1 aromatic rings. The van der Waals surface area contributed by atoms with Gasteiger partial charge < -0.3 is 15.7 Å². The molecule has 0 amide bonds. The Morgan fingerprint density at radius 1 is 1.37 bits per heavy atom. The molecule has 3 N–H and O–H groups in total. The lowest BCUT2D eigenvalue weighted by molar-refractivity contribution is -0.136. The maximum atomic E-state index is 12.8. The SMILES string of the molecule is Nc1ccc(N2CCCC(CO)C2)cc1C(F)(F)F. The molecule has 0 saturated carbocycles. The Balaban J connectivity index is 2.25. The quantitative estimate of drug-likeness (QED) is 0.815. The number of aliphatic hydroxyl groups excluding tert-OH is 1. The number of hydrogen-bond acceptors (Lipinski definition) is 3. The second-order valence-corrected chi connectivity index (χ2v) is 4.91. The number of anilines is 2. The maximum Gasteiger partial charge on any atom is 0.418 e. The van der Waals surface area contributed by atoms with E-state index in [9.17, 15) is 13.2 Å². The number of aliphatic hydroxyl groups is 1. The van der Waals surface area contributed by atoms with Crippen molar-refractivity contribution in [1.29, 1.82) is 0 Å². The van der Waals surface area contributed by atoms with Crippen LogP contribution in [0.5, 0.6) is 0 Å². The molecule has 1 heterocycles. The molecule has 0 bridgehead atoms. The minimum absolute atomic E-state index is 0.0671. The average molecular weight is 274 g/mol. The van der Waals surface area contributed by atoms with E-state index < -0.39 is 11.7 Å². The molecule has 0 aliphatic carbocycles. The fourth-order valence-corrected chi connectivity index (χ4v) is 2.44. The third-order valence-corrected chi connectivity index (χ3v) is 3.48. The molecule has 6 heteroatoms. The van der Waals surface area contributed by atoms with Gasteiger partial charge in [-0.1, -0.05) is 0 Å². The first-order valence-electron chi connectivity index (χ1n) is 6.24. The van der Waals surface area contributed by atoms with E-state index in [1.807, 2.05) is 4.90 Å². The zero-order valence-electron chi connectivity index (χ0n) is 10.5. The molecule has 106 valence electrons. The molecule has 1 aliphatic heterocycles. The first kappa shape index (κ1) is 14.0. The highest BCUT2D eigenvalue weighted by atomic mass is 19.4. The molecule has 0 spiro atoms. The van der Waals surface area contributed by atoms with E-state index in [4.69, 9.17) is 10.8 Å². The Bertz CT molecular complexity index is 448. The first-order chi connectivity index (χ1) is 8.91. The van der Waals surface area contributed by atoms with Crippen LogP contribution in [0, 0.1) is 5.92 Å². The van der Waals surface area contributed by atoms with Crippen molar-refractivity contribution in [2.75, 3.05) is 30.3 Å². The van der Waals surface area contributed by atoms with Crippen LogP contribution in [0.3, 0.4) is 0 Å². The highest BCUT2D eigenvalue weighted by Gasteiger charge is 2.33. The molecule has 2 rings (SSSR count). The summed E-state index contributed by atoms with van der Waals surface area (Å²) in [5.41, 5.74) is 4.84. The van der Waals surface area contributed by atoms with Gasteiger partial charge in [-0.25, -0.2) is 0 Å². The Hall–Kier alpha value is -1.43. The smallest absolute Gasteiger partial charge is 0.398 e. The van der Waals surface area contributed by atoms with Gasteiger partial charge in [-0.3, -0.25) is 0 Å². The van der Waals surface area contributed by atoms with E-state index >= 15 is 0 Å². The van der Waals surface area contributed by atoms with Crippen molar-refractivity contribution in [3.05, 3.63) is 23.8 Å². The normalized spacial score (nSPS) is 20.6. The maximum absolute atomic E-state index is 12.8. The van der Waals surface area contributed by atoms with Gasteiger partial charge in [0.2, 0.25) is 0 Å². The second-order valence-electron chi connectivity index (χ2n) is 4.91. The summed E-state index contributed by atoms with van der Waals surface area (Å²) in [7, 11) is 0. The number of piperidine rings is 1. The predicted octanol–water partition coefficient (Wildman–Crippen LogP) is 2.50. The lowest BCUT2D eigenvalue weighted by Crippen LogP contribution is -2.36. The number of benzene rings is 1. The number of hydrogen-bond donors (Lipinski definition) is 2. The molecule has 1 saturated heterocycles. The second kappa shape index (κ2) is 5.28. The summed E-state index contributed by atoms with van der Waals surface area (Å²) in [6, 6.07) is 3.99. The summed E-state index contributed by atoms with van der Waals surface area (Å²) in [5, 5.41) is 9.16. The lowest BCUT2D eigenvalue weighted by atomic mass is 9.98. The summed E-state index contributed by atoms with van der Waals surface area (Å²) in [4.78, 5) is 1.87. The Morgan fingerprint density at radius 3 is 2.74 bits per heavy atom. The largest absolute Gasteiger partial charge is 0.418 e. The lowest BCUT2D eigenvalue weighted by Gasteiger charge is -2.34. The van der Waals surface area contributed by atoms with Gasteiger partial charge in [0.05, 0.1) is 5.56 Å². The number of nitrogens with zero attached hydrogens (tertiary/aromatic N) is 1. The summed E-state index contributed by atoms with van der Waals surface area (Å²) in [6.45, 7) is 1.35. The number of alkyl halides is 3. The van der Waals surface area contributed by atoms with Crippen molar-refractivity contribution in [2.24, 2.45) is 5.92 Å². The van der Waals surface area contributed by atoms with Crippen molar-refractivity contribution in [3.8, 4) is 0 Å². The van der Waals surface area contributed by atoms with Gasteiger partial charge in [0.25, 0.3) is 0 Å². The Morgan fingerprint density at radius 2 is 2.11 bits per heavy atom. The fraction of sp³-hybridized carbons (Fsp3) is 0.538. The van der Waals surface area contributed by atoms with Crippen LogP contribution in [0.15, 0.2) is 18.2 Å². The van der Waals surface area contributed by atoms with E-state index in [2.05, 4.69) is 0 Å². The molecule has 1 aliphatic rings. The number of nitrogen functional groups attached to an aromatic ring is 1. The topological polar surface area (TPSA) is 49.5 Å². The molecule has 0 aromatic heterocycles. The van der Waals surface area contributed by atoms with Gasteiger partial charge in [0.1, 0.15) is 0 Å². The van der Waals surface area contributed by atoms with E-state index in [1.165, 1.54) is 6.07 Å². The Kier molecular flexibility index (Phi) is 3.89. The van der Waals surface area contributed by atoms with Crippen LogP contribution < -0.4 is 10.6 Å². The van der Waals surface area contributed by atoms with Gasteiger partial charge in [-0.2, -0.15) is 13.2 Å². The van der Waals surface area contributed by atoms with Crippen molar-refractivity contribution < 1.29 is 18.3 Å². The third kappa shape index (κ3) is 3.12. The number of halogens is 3. The highest BCUT2D eigenvalue weighted by molar-refractivity contribution is 5.59. The molecular formula is C13H17F3N2O. The predicted molar refractivity (Wildman–Crippen MR) is 67.9 cm³/mol. The van der Waals surface area contributed by atoms with Crippen LogP contribution in [0.25, 0.3) is 0 Å². The van der Waals surface area contributed by atoms with Crippen LogP contribution in [0.4, 0.5) is 24.5 Å². The summed E-state index contributed by atoms with van der Waals surface area (Å²) in [6.07, 6.45) is -2.66. The molecule has 1 aromatic carbocycles. The summed E-state index contributed by atoms with van der Waals surface area (Å²) >= 11 is 0. The standard InChI is InChI=1S/C13H17F3N2O/c14-13(15,16)11-6-10(3-4-12(11)17)18-5-1-2-9(7-18)8-19/h3-4,6,9,19H,1-2,5,7-8,17H2. The van der Waals surface area contributed by atoms with Crippen LogP contribution in [-0.4, -0.2) is 24.8 Å². The summed E-state index contributed by atoms with van der Waals surface area (Å²) in [5.74, 6) is 0.126. The van der Waals surface area contributed by atoms with Gasteiger partial charge in [0, 0.05) is 31.1 Å². The molecule has 1 atom stereocenters. The van der Waals surface area contributed by atoms with Crippen LogP contribution >= 0.6 is 0 Å². The van der Waals surface area contributed by atoms with Crippen LogP contribution in [0.2, 0.25) is 0 Å². The number of rotatable bonds is 2. The molecule has 3 nitrogen and oxygen atoms in total. The zero-order valence-corrected chi connectivity index (χ0v) is 10.5. The van der Waals surface area contributed by atoms with Gasteiger partial charge >= 0.3 is 6.18 Å². The molecule has 19 heavy (non-hydrogen) atoms. The summed E-state index contributed by atoms with van der Waals surface area (Å²) < 4.78 is 38.4.